The third kappa shape index (κ3) is 14.9. The van der Waals surface area contributed by atoms with Crippen molar-refractivity contribution in [3.05, 3.63) is 57.1 Å². The van der Waals surface area contributed by atoms with Gasteiger partial charge in [-0.05, 0) is 89.6 Å². The molecule has 8 nitrogen and oxygen atoms in total. The highest BCUT2D eigenvalue weighted by atomic mass is 79.9. The molecule has 0 radical (unpaired) electrons. The maximum absolute atomic E-state index is 14.8. The van der Waals surface area contributed by atoms with Crippen LogP contribution in [0, 0.1) is 0 Å². The highest BCUT2D eigenvalue weighted by molar-refractivity contribution is 9.11. The molecule has 1 fully saturated rings. The fraction of sp³-hybridized carbons (Fsp3) is 0.761. The molecule has 0 saturated carbocycles. The molecule has 1 saturated heterocycles. The van der Waals surface area contributed by atoms with Crippen LogP contribution in [-0.2, 0) is 22.4 Å². The molecule has 0 aliphatic carbocycles. The molecule has 1 aliphatic rings. The first kappa shape index (κ1) is 55.5. The van der Waals surface area contributed by atoms with E-state index in [1.165, 1.54) is 0 Å². The van der Waals surface area contributed by atoms with Gasteiger partial charge in [0, 0.05) is 14.1 Å². The first-order valence-electron chi connectivity index (χ1n) is 22.0. The number of halogens is 1. The quantitative estimate of drug-likeness (QED) is 0.113. The van der Waals surface area contributed by atoms with Crippen molar-refractivity contribution >= 4 is 63.3 Å². The van der Waals surface area contributed by atoms with Crippen LogP contribution in [0.4, 0.5) is 0 Å². The van der Waals surface area contributed by atoms with E-state index in [1.807, 2.05) is 30.4 Å². The Kier molecular flexibility index (Phi) is 18.7. The number of ether oxygens (including phenoxy) is 2. The monoisotopic (exact) mass is 986 g/mol. The Hall–Kier alpha value is -0.666. The molecular weight excluding hydrogens is 901 g/mol. The molecule has 2 heterocycles. The zero-order valence-corrected chi connectivity index (χ0v) is 48.8. The van der Waals surface area contributed by atoms with Gasteiger partial charge in [0.1, 0.15) is 47.6 Å². The molecule has 14 heteroatoms. The van der Waals surface area contributed by atoms with Gasteiger partial charge in [0.2, 0.25) is 0 Å². The predicted molar refractivity (Wildman–Crippen MR) is 272 cm³/mol. The third-order valence-corrected chi connectivity index (χ3v) is 33.7. The van der Waals surface area contributed by atoms with Crippen molar-refractivity contribution in [1.82, 2.24) is 0 Å². The van der Waals surface area contributed by atoms with Crippen LogP contribution in [0.3, 0.4) is 0 Å². The van der Waals surface area contributed by atoms with E-state index in [0.717, 1.165) is 6.04 Å². The van der Waals surface area contributed by atoms with Crippen molar-refractivity contribution in [2.75, 3.05) is 13.2 Å². The van der Waals surface area contributed by atoms with Crippen molar-refractivity contribution in [3.63, 3.8) is 0 Å². The van der Waals surface area contributed by atoms with E-state index in [0.29, 0.717) is 23.7 Å². The lowest BCUT2D eigenvalue weighted by Gasteiger charge is -2.55. The second-order valence-corrected chi connectivity index (χ2v) is 49.4. The standard InChI is InChI=1S/C46H87BrO8Si5/c1-43(2,3)57(16,17)50-33-36-38(53-58(18,19)44(4,5)6)40(54-59(20,21)45(7,8)9)41(55-60(22,23)46(10,11)12)39(52-36)37-35(49-30-31-56(13,14)15)32-34(51-42(37)48)28-26-24-25-27-29-47/h24-29,32,36,38-41H,30-31,33H2,1-23H3/b25-24+,28-26+,29-27+/t36-,38+,39+,40+,41+/m1/s1. The summed E-state index contributed by atoms with van der Waals surface area (Å²) in [6.07, 6.45) is 5.91. The number of hydrogen-bond acceptors (Lipinski definition) is 8. The van der Waals surface area contributed by atoms with Gasteiger partial charge in [-0.25, -0.2) is 4.79 Å². The smallest absolute Gasteiger partial charge is 0.345 e. The van der Waals surface area contributed by atoms with E-state index in [-0.39, 0.29) is 26.8 Å². The van der Waals surface area contributed by atoms with Gasteiger partial charge in [-0.2, -0.15) is 0 Å². The van der Waals surface area contributed by atoms with Gasteiger partial charge < -0.3 is 31.6 Å². The Labute approximate surface area is 380 Å². The summed E-state index contributed by atoms with van der Waals surface area (Å²) < 4.78 is 50.3. The molecule has 1 aliphatic heterocycles. The molecule has 0 amide bonds. The van der Waals surface area contributed by atoms with Crippen LogP contribution in [0.5, 0.6) is 5.75 Å². The maximum atomic E-state index is 14.8. The fourth-order valence-electron chi connectivity index (χ4n) is 5.49. The Morgan fingerprint density at radius 2 is 1.08 bits per heavy atom. The van der Waals surface area contributed by atoms with Crippen molar-refractivity contribution < 1.29 is 31.6 Å². The Morgan fingerprint density at radius 3 is 1.53 bits per heavy atom. The van der Waals surface area contributed by atoms with Gasteiger partial charge in [-0.3, -0.25) is 0 Å². The van der Waals surface area contributed by atoms with Crippen molar-refractivity contribution in [3.8, 4) is 5.75 Å². The average molecular weight is 989 g/mol. The van der Waals surface area contributed by atoms with E-state index in [1.54, 1.807) is 11.1 Å². The lowest BCUT2D eigenvalue weighted by molar-refractivity contribution is -0.219. The van der Waals surface area contributed by atoms with E-state index >= 15 is 0 Å². The van der Waals surface area contributed by atoms with Gasteiger partial charge in [0.25, 0.3) is 0 Å². The van der Waals surface area contributed by atoms with Crippen LogP contribution in [0.15, 0.2) is 44.6 Å². The molecule has 2 rings (SSSR count). The Balaban J connectivity index is 3.19. The van der Waals surface area contributed by atoms with Gasteiger partial charge >= 0.3 is 5.63 Å². The molecule has 0 spiro atoms. The third-order valence-electron chi connectivity index (χ3n) is 13.8. The summed E-state index contributed by atoms with van der Waals surface area (Å²) in [5, 5.41) is -0.435. The highest BCUT2D eigenvalue weighted by Gasteiger charge is 2.58. The molecule has 0 N–H and O–H groups in total. The summed E-state index contributed by atoms with van der Waals surface area (Å²) >= 11 is 3.30. The zero-order chi connectivity index (χ0) is 46.7. The molecule has 1 aromatic heterocycles. The zero-order valence-electron chi connectivity index (χ0n) is 42.2. The van der Waals surface area contributed by atoms with E-state index < -0.39 is 77.5 Å². The second kappa shape index (κ2) is 20.2. The molecule has 0 bridgehead atoms. The minimum atomic E-state index is -2.58. The largest absolute Gasteiger partial charge is 0.493 e. The molecular formula is C46H87BrO8Si5. The van der Waals surface area contributed by atoms with Crippen molar-refractivity contribution in [2.45, 2.75) is 212 Å². The summed E-state index contributed by atoms with van der Waals surface area (Å²) in [5.74, 6) is 0.837. The van der Waals surface area contributed by atoms with Crippen LogP contribution in [-0.4, -0.2) is 79.0 Å². The Bertz CT molecular complexity index is 1700. The minimum Gasteiger partial charge on any atom is -0.493 e. The topological polar surface area (TPSA) is 85.6 Å². The van der Waals surface area contributed by atoms with Crippen LogP contribution in [0.1, 0.15) is 101 Å². The fourth-order valence-corrected chi connectivity index (χ4v) is 11.3. The van der Waals surface area contributed by atoms with Crippen LogP contribution < -0.4 is 10.4 Å². The summed E-state index contributed by atoms with van der Waals surface area (Å²) in [5.41, 5.74) is -0.201. The first-order chi connectivity index (χ1) is 26.8. The Morgan fingerprint density at radius 1 is 0.633 bits per heavy atom. The average Bonchev–Trinajstić information content (AvgIpc) is 3.03. The van der Waals surface area contributed by atoms with Crippen LogP contribution >= 0.6 is 15.9 Å². The van der Waals surface area contributed by atoms with Crippen LogP contribution in [0.2, 0.25) is 98.2 Å². The van der Waals surface area contributed by atoms with E-state index in [9.17, 15) is 4.79 Å². The van der Waals surface area contributed by atoms with E-state index in [2.05, 4.69) is 171 Å². The van der Waals surface area contributed by atoms with Gasteiger partial charge in [0.05, 0.1) is 13.2 Å². The molecule has 60 heavy (non-hydrogen) atoms. The summed E-state index contributed by atoms with van der Waals surface area (Å²) in [6, 6.07) is 2.75. The van der Waals surface area contributed by atoms with Gasteiger partial charge in [-0.1, -0.05) is 143 Å². The van der Waals surface area contributed by atoms with Crippen molar-refractivity contribution in [1.29, 1.82) is 0 Å². The lowest BCUT2D eigenvalue weighted by Crippen LogP contribution is -2.66. The van der Waals surface area contributed by atoms with Crippen LogP contribution in [0.25, 0.3) is 6.08 Å². The SMILES string of the molecule is CC(C)(C)[Si](C)(C)OC[C@H]1O[C@@H](c2c(OCC[Si](C)(C)C)cc(/C=C/C=C/C=C/Br)oc2=O)[C@H](O[Si](C)(C)C(C)(C)C)[C@@H](O[Si](C)(C)C(C)(C)C)[C@H]1O[Si](C)(C)C(C)(C)C. The number of rotatable bonds is 17. The minimum absolute atomic E-state index is 0.0383. The number of hydrogen-bond donors (Lipinski definition) is 0. The maximum Gasteiger partial charge on any atom is 0.345 e. The van der Waals surface area contributed by atoms with Gasteiger partial charge in [0.15, 0.2) is 33.3 Å². The molecule has 1 aromatic rings. The van der Waals surface area contributed by atoms with E-state index in [4.69, 9.17) is 31.6 Å². The summed E-state index contributed by atoms with van der Waals surface area (Å²) in [6.45, 7) is 52.9. The van der Waals surface area contributed by atoms with Gasteiger partial charge in [-0.15, -0.1) is 0 Å². The first-order valence-corrected chi connectivity index (χ1v) is 38.3. The second-order valence-electron chi connectivity index (χ2n) is 24.1. The van der Waals surface area contributed by atoms with Crippen molar-refractivity contribution in [2.24, 2.45) is 0 Å². The predicted octanol–water partition coefficient (Wildman–Crippen LogP) is 14.5. The summed E-state index contributed by atoms with van der Waals surface area (Å²) in [7, 11) is -11.4. The molecule has 0 aromatic carbocycles. The molecule has 5 atom stereocenters. The molecule has 0 unspecified atom stereocenters. The number of allylic oxidation sites excluding steroid dienone is 4. The summed E-state index contributed by atoms with van der Waals surface area (Å²) in [4.78, 5) is 16.6. The lowest BCUT2D eigenvalue weighted by atomic mass is 9.91. The normalized spacial score (nSPS) is 22.4. The molecule has 346 valence electrons. The highest BCUT2D eigenvalue weighted by Crippen LogP contribution is 2.49.